The van der Waals surface area contributed by atoms with E-state index in [0.29, 0.717) is 11.1 Å². The molecule has 46 heavy (non-hydrogen) atoms. The smallest absolute Gasteiger partial charge is 0.273 e. The first kappa shape index (κ1) is 32.2. The Morgan fingerprint density at radius 1 is 0.543 bits per heavy atom. The minimum atomic E-state index is -3.84. The van der Waals surface area contributed by atoms with Crippen LogP contribution in [0.4, 0.5) is 11.4 Å². The fourth-order valence-corrected chi connectivity index (χ4v) is 8.03. The predicted octanol–water partition coefficient (Wildman–Crippen LogP) is 4.94. The summed E-state index contributed by atoms with van der Waals surface area (Å²) in [6.07, 6.45) is 2.82. The third-order valence-electron chi connectivity index (χ3n) is 6.05. The molecule has 2 aromatic heterocycles. The van der Waals surface area contributed by atoms with Crippen molar-refractivity contribution >= 4 is 78.3 Å². The number of hydrogen-bond acceptors (Lipinski definition) is 10. The van der Waals surface area contributed by atoms with Gasteiger partial charge in [0, 0.05) is 0 Å². The normalized spacial score (nSPS) is 11.8. The second-order valence-corrected chi connectivity index (χ2v) is 14.9. The molecule has 5 aromatic rings. The number of para-hydroxylation sites is 2. The highest BCUT2D eigenvalue weighted by Crippen LogP contribution is 2.24. The zero-order chi connectivity index (χ0) is 32.6. The zero-order valence-corrected chi connectivity index (χ0v) is 26.8. The number of anilines is 2. The molecule has 0 aliphatic carbocycles. The number of nitrogens with one attached hydrogen (secondary N) is 4. The monoisotopic (exact) mass is 692 g/mol. The van der Waals surface area contributed by atoms with Crippen molar-refractivity contribution in [1.82, 2.24) is 10.9 Å². The molecule has 3 aromatic carbocycles. The average molecular weight is 693 g/mol. The molecule has 16 heteroatoms. The molecule has 2 heterocycles. The zero-order valence-electron chi connectivity index (χ0n) is 23.5. The molecule has 12 nitrogen and oxygen atoms in total. The lowest BCUT2D eigenvalue weighted by Gasteiger charge is -2.10. The Morgan fingerprint density at radius 2 is 0.935 bits per heavy atom. The van der Waals surface area contributed by atoms with Gasteiger partial charge in [0.15, 0.2) is 0 Å². The van der Waals surface area contributed by atoms with Crippen molar-refractivity contribution in [3.63, 3.8) is 0 Å². The Balaban J connectivity index is 1.16. The van der Waals surface area contributed by atoms with E-state index in [9.17, 15) is 26.4 Å². The number of amides is 2. The van der Waals surface area contributed by atoms with Gasteiger partial charge in [0.05, 0.1) is 34.9 Å². The van der Waals surface area contributed by atoms with Gasteiger partial charge in [0.1, 0.15) is 8.42 Å². The number of hydrazone groups is 2. The van der Waals surface area contributed by atoms with Gasteiger partial charge in [-0.15, -0.1) is 22.7 Å². The summed E-state index contributed by atoms with van der Waals surface area (Å²) in [6, 6.07) is 25.4. The molecule has 0 aliphatic heterocycles. The summed E-state index contributed by atoms with van der Waals surface area (Å²) in [4.78, 5) is 25.5. The van der Waals surface area contributed by atoms with Crippen molar-refractivity contribution < 1.29 is 26.4 Å². The molecule has 0 fully saturated rings. The van der Waals surface area contributed by atoms with E-state index in [1.807, 2.05) is 0 Å². The van der Waals surface area contributed by atoms with E-state index in [2.05, 4.69) is 30.5 Å². The lowest BCUT2D eigenvalue weighted by Crippen LogP contribution is -2.21. The maximum atomic E-state index is 12.8. The predicted molar refractivity (Wildman–Crippen MR) is 180 cm³/mol. The molecule has 0 unspecified atom stereocenters. The van der Waals surface area contributed by atoms with Gasteiger partial charge in [-0.05, 0) is 58.3 Å². The topological polar surface area (TPSA) is 175 Å². The number of hydrogen-bond donors (Lipinski definition) is 4. The van der Waals surface area contributed by atoms with Crippen LogP contribution in [0, 0.1) is 0 Å². The number of sulfonamides is 2. The Bertz CT molecular complexity index is 1960. The van der Waals surface area contributed by atoms with Crippen molar-refractivity contribution in [2.24, 2.45) is 10.2 Å². The molecule has 0 aliphatic rings. The summed E-state index contributed by atoms with van der Waals surface area (Å²) in [7, 11) is -7.69. The fourth-order valence-electron chi connectivity index (χ4n) is 3.88. The van der Waals surface area contributed by atoms with Gasteiger partial charge in [0.2, 0.25) is 0 Å². The van der Waals surface area contributed by atoms with Gasteiger partial charge in [-0.1, -0.05) is 60.7 Å². The van der Waals surface area contributed by atoms with Crippen molar-refractivity contribution in [2.75, 3.05) is 9.44 Å². The van der Waals surface area contributed by atoms with E-state index in [0.717, 1.165) is 22.7 Å². The van der Waals surface area contributed by atoms with Gasteiger partial charge >= 0.3 is 0 Å². The Labute approximate surface area is 272 Å². The largest absolute Gasteiger partial charge is 0.278 e. The highest BCUT2D eigenvalue weighted by Gasteiger charge is 2.20. The lowest BCUT2D eigenvalue weighted by molar-refractivity contribution is 0.0948. The van der Waals surface area contributed by atoms with Crippen molar-refractivity contribution in [3.05, 3.63) is 130 Å². The number of carbonyl (C=O) groups excluding carboxylic acids is 2. The van der Waals surface area contributed by atoms with Gasteiger partial charge < -0.3 is 0 Å². The first-order valence-corrected chi connectivity index (χ1v) is 17.9. The van der Waals surface area contributed by atoms with E-state index in [-0.39, 0.29) is 30.9 Å². The van der Waals surface area contributed by atoms with Crippen LogP contribution >= 0.6 is 22.7 Å². The minimum absolute atomic E-state index is 0.0935. The first-order chi connectivity index (χ1) is 22.1. The molecule has 5 rings (SSSR count). The Hall–Kier alpha value is -5.16. The molecular weight excluding hydrogens is 669 g/mol. The van der Waals surface area contributed by atoms with Crippen LogP contribution in [0.3, 0.4) is 0 Å². The third kappa shape index (κ3) is 8.10. The van der Waals surface area contributed by atoms with E-state index in [1.54, 1.807) is 71.4 Å². The maximum Gasteiger partial charge on any atom is 0.273 e. The molecule has 0 saturated heterocycles. The van der Waals surface area contributed by atoms with E-state index < -0.39 is 31.9 Å². The fraction of sp³-hybridized carbons (Fsp3) is 0. The molecule has 0 radical (unpaired) electrons. The standard InChI is InChI=1S/C30H24N6O6S4/c37-29(23-7-1-3-9-25(23)35-45(39,40)27-11-5-17-43-27)33-31-19-21-13-15-22(16-14-21)20-32-34-30(38)24-8-2-4-10-26(24)36-46(41,42)28-12-6-18-44-28/h1-20,35-36H,(H,33,37)(H,34,38)/b31-19-,32-20-. The third-order valence-corrected chi connectivity index (χ3v) is 11.6. The molecule has 0 bridgehead atoms. The SMILES string of the molecule is O=C(N/N=C\c1ccc(/C=N\NC(=O)c2ccccc2NS(=O)(=O)c2cccs2)cc1)c1ccccc1NS(=O)(=O)c1cccs1. The van der Waals surface area contributed by atoms with Crippen molar-refractivity contribution in [3.8, 4) is 0 Å². The molecule has 0 saturated carbocycles. The van der Waals surface area contributed by atoms with Crippen LogP contribution in [0.15, 0.2) is 126 Å². The van der Waals surface area contributed by atoms with Crippen LogP contribution < -0.4 is 20.3 Å². The van der Waals surface area contributed by atoms with Crippen molar-refractivity contribution in [2.45, 2.75) is 8.42 Å². The molecule has 4 N–H and O–H groups in total. The lowest BCUT2D eigenvalue weighted by atomic mass is 10.1. The van der Waals surface area contributed by atoms with Gasteiger partial charge in [-0.25, -0.2) is 27.7 Å². The molecule has 0 spiro atoms. The number of thiophene rings is 2. The van der Waals surface area contributed by atoms with Gasteiger partial charge in [-0.2, -0.15) is 10.2 Å². The highest BCUT2D eigenvalue weighted by molar-refractivity contribution is 7.95. The minimum Gasteiger partial charge on any atom is -0.278 e. The Morgan fingerprint density at radius 3 is 1.30 bits per heavy atom. The number of benzene rings is 3. The molecular formula is C30H24N6O6S4. The summed E-state index contributed by atoms with van der Waals surface area (Å²) in [5, 5.41) is 11.2. The number of carbonyl (C=O) groups is 2. The molecule has 234 valence electrons. The van der Waals surface area contributed by atoms with Crippen LogP contribution in [0.5, 0.6) is 0 Å². The van der Waals surface area contributed by atoms with E-state index in [1.165, 1.54) is 48.8 Å². The molecule has 0 atom stereocenters. The molecule has 2 amide bonds. The van der Waals surface area contributed by atoms with E-state index in [4.69, 9.17) is 0 Å². The first-order valence-electron chi connectivity index (χ1n) is 13.2. The van der Waals surface area contributed by atoms with Crippen LogP contribution in [-0.2, 0) is 20.0 Å². The van der Waals surface area contributed by atoms with Gasteiger partial charge in [0.25, 0.3) is 31.9 Å². The summed E-state index contributed by atoms with van der Waals surface area (Å²) in [5.41, 5.74) is 6.48. The van der Waals surface area contributed by atoms with E-state index >= 15 is 0 Å². The van der Waals surface area contributed by atoms with Crippen LogP contribution in [0.25, 0.3) is 0 Å². The average Bonchev–Trinajstić information content (AvgIpc) is 3.78. The second-order valence-electron chi connectivity index (χ2n) is 9.23. The van der Waals surface area contributed by atoms with Gasteiger partial charge in [-0.3, -0.25) is 19.0 Å². The highest BCUT2D eigenvalue weighted by atomic mass is 32.3. The van der Waals surface area contributed by atoms with Crippen LogP contribution in [-0.4, -0.2) is 41.1 Å². The summed E-state index contributed by atoms with van der Waals surface area (Å²) >= 11 is 2.12. The maximum absolute atomic E-state index is 12.8. The Kier molecular flexibility index (Phi) is 10.0. The van der Waals surface area contributed by atoms with Crippen molar-refractivity contribution in [1.29, 1.82) is 0 Å². The second kappa shape index (κ2) is 14.3. The van der Waals surface area contributed by atoms with Crippen LogP contribution in [0.2, 0.25) is 0 Å². The quantitative estimate of drug-likeness (QED) is 0.106. The number of nitrogens with zero attached hydrogens (tertiary/aromatic N) is 2. The summed E-state index contributed by atoms with van der Waals surface area (Å²) in [6.45, 7) is 0. The number of rotatable bonds is 12. The summed E-state index contributed by atoms with van der Waals surface area (Å²) in [5.74, 6) is -1.22. The van der Waals surface area contributed by atoms with Crippen LogP contribution in [0.1, 0.15) is 31.8 Å². The summed E-state index contributed by atoms with van der Waals surface area (Å²) < 4.78 is 55.6.